The van der Waals surface area contributed by atoms with E-state index in [1.54, 1.807) is 6.08 Å². The number of hydrogen-bond acceptors (Lipinski definition) is 5. The molecular formula is C69H131NO5. The largest absolute Gasteiger partial charge is 0.466 e. The SMILES string of the molecule is CCCC/C=C\C/C=C\CCCCCCCC(=O)OCCCCCCCCCCCCCCCCCCCCCCCCCCC(=O)NC(CO)C(O)/C=C/CCCCCCCCCCCCCCCCCCCC. The van der Waals surface area contributed by atoms with Crippen LogP contribution < -0.4 is 5.32 Å². The van der Waals surface area contributed by atoms with Crippen LogP contribution in [0.5, 0.6) is 0 Å². The Bertz CT molecular complexity index is 1210. The van der Waals surface area contributed by atoms with Crippen LogP contribution in [0.2, 0.25) is 0 Å². The molecule has 3 N–H and O–H groups in total. The van der Waals surface area contributed by atoms with E-state index in [4.69, 9.17) is 4.74 Å². The van der Waals surface area contributed by atoms with Crippen LogP contribution >= 0.6 is 0 Å². The number of unbranched alkanes of at least 4 members (excludes halogenated alkanes) is 48. The van der Waals surface area contributed by atoms with Crippen molar-refractivity contribution in [2.75, 3.05) is 13.2 Å². The minimum Gasteiger partial charge on any atom is -0.466 e. The lowest BCUT2D eigenvalue weighted by atomic mass is 10.0. The van der Waals surface area contributed by atoms with Crippen molar-refractivity contribution in [3.05, 3.63) is 36.5 Å². The lowest BCUT2D eigenvalue weighted by molar-refractivity contribution is -0.143. The molecule has 0 saturated heterocycles. The first kappa shape index (κ1) is 73.1. The molecule has 1 amide bonds. The van der Waals surface area contributed by atoms with Crippen molar-refractivity contribution in [2.45, 2.75) is 379 Å². The van der Waals surface area contributed by atoms with Crippen LogP contribution in [0.15, 0.2) is 36.5 Å². The van der Waals surface area contributed by atoms with E-state index in [0.29, 0.717) is 19.4 Å². The molecule has 0 heterocycles. The molecule has 0 rings (SSSR count). The Kier molecular flexibility index (Phi) is 63.0. The maximum atomic E-state index is 12.5. The molecule has 0 aromatic carbocycles. The Labute approximate surface area is 468 Å². The molecule has 0 saturated carbocycles. The number of carbonyl (C=O) groups is 2. The Morgan fingerprint density at radius 1 is 0.373 bits per heavy atom. The number of nitrogens with one attached hydrogen (secondary N) is 1. The summed E-state index contributed by atoms with van der Waals surface area (Å²) < 4.78 is 5.48. The summed E-state index contributed by atoms with van der Waals surface area (Å²) in [6, 6.07) is -0.628. The van der Waals surface area contributed by atoms with Gasteiger partial charge in [0.1, 0.15) is 0 Å². The van der Waals surface area contributed by atoms with Crippen molar-refractivity contribution >= 4 is 11.9 Å². The number of aliphatic hydroxyl groups excluding tert-OH is 2. The molecule has 0 bridgehead atoms. The molecule has 0 fully saturated rings. The van der Waals surface area contributed by atoms with E-state index in [1.807, 2.05) is 6.08 Å². The fourth-order valence-electron chi connectivity index (χ4n) is 10.5. The van der Waals surface area contributed by atoms with Gasteiger partial charge in [0.2, 0.25) is 5.91 Å². The van der Waals surface area contributed by atoms with Gasteiger partial charge in [0.25, 0.3) is 0 Å². The van der Waals surface area contributed by atoms with E-state index in [-0.39, 0.29) is 18.5 Å². The predicted octanol–water partition coefficient (Wildman–Crippen LogP) is 21.5. The van der Waals surface area contributed by atoms with Gasteiger partial charge < -0.3 is 20.3 Å². The summed E-state index contributed by atoms with van der Waals surface area (Å²) in [6.45, 7) is 4.89. The number of aliphatic hydroxyl groups is 2. The zero-order valence-electron chi connectivity index (χ0n) is 50.5. The van der Waals surface area contributed by atoms with Crippen LogP contribution in [0, 0.1) is 0 Å². The Morgan fingerprint density at radius 3 is 1.05 bits per heavy atom. The van der Waals surface area contributed by atoms with Crippen molar-refractivity contribution < 1.29 is 24.5 Å². The molecule has 0 aromatic rings. The molecule has 0 aliphatic heterocycles. The maximum absolute atomic E-state index is 12.5. The third kappa shape index (κ3) is 61.2. The Hall–Kier alpha value is -1.92. The number of carbonyl (C=O) groups excluding carboxylic acids is 2. The van der Waals surface area contributed by atoms with E-state index in [1.165, 1.54) is 289 Å². The van der Waals surface area contributed by atoms with Crippen LogP contribution in [-0.4, -0.2) is 47.4 Å². The third-order valence-corrected chi connectivity index (χ3v) is 15.7. The quantitative estimate of drug-likeness (QED) is 0.0320. The fraction of sp³-hybridized carbons (Fsp3) is 0.884. The topological polar surface area (TPSA) is 95.9 Å². The van der Waals surface area contributed by atoms with E-state index < -0.39 is 12.1 Å². The van der Waals surface area contributed by atoms with E-state index >= 15 is 0 Å². The number of esters is 1. The van der Waals surface area contributed by atoms with Gasteiger partial charge in [-0.3, -0.25) is 9.59 Å². The summed E-state index contributed by atoms with van der Waals surface area (Å²) in [6.07, 6.45) is 82.0. The minimum absolute atomic E-state index is 0.000641. The number of rotatable bonds is 63. The van der Waals surface area contributed by atoms with Gasteiger partial charge in [0.05, 0.1) is 25.4 Å². The average Bonchev–Trinajstić information content (AvgIpc) is 3.41. The van der Waals surface area contributed by atoms with Crippen molar-refractivity contribution in [3.8, 4) is 0 Å². The smallest absolute Gasteiger partial charge is 0.305 e. The molecule has 0 aromatic heterocycles. The summed E-state index contributed by atoms with van der Waals surface area (Å²) in [4.78, 5) is 24.6. The molecule has 2 atom stereocenters. The maximum Gasteiger partial charge on any atom is 0.305 e. The number of amides is 1. The van der Waals surface area contributed by atoms with E-state index in [0.717, 1.165) is 51.4 Å². The number of allylic oxidation sites excluding steroid dienone is 5. The summed E-state index contributed by atoms with van der Waals surface area (Å²) in [5.74, 6) is -0.0632. The molecule has 75 heavy (non-hydrogen) atoms. The van der Waals surface area contributed by atoms with Crippen LogP contribution in [0.25, 0.3) is 0 Å². The van der Waals surface area contributed by atoms with Gasteiger partial charge >= 0.3 is 5.97 Å². The molecule has 2 unspecified atom stereocenters. The number of ether oxygens (including phenoxy) is 1. The highest BCUT2D eigenvalue weighted by molar-refractivity contribution is 5.76. The van der Waals surface area contributed by atoms with Gasteiger partial charge in [-0.05, 0) is 57.8 Å². The molecule has 442 valence electrons. The summed E-state index contributed by atoms with van der Waals surface area (Å²) in [7, 11) is 0. The van der Waals surface area contributed by atoms with Gasteiger partial charge in [-0.2, -0.15) is 0 Å². The minimum atomic E-state index is -0.845. The second-order valence-corrected chi connectivity index (χ2v) is 23.2. The van der Waals surface area contributed by atoms with Crippen LogP contribution in [0.4, 0.5) is 0 Å². The normalized spacial score (nSPS) is 12.7. The second-order valence-electron chi connectivity index (χ2n) is 23.2. The average molecular weight is 1050 g/mol. The summed E-state index contributed by atoms with van der Waals surface area (Å²) in [5.41, 5.74) is 0. The molecule has 0 aliphatic rings. The van der Waals surface area contributed by atoms with Gasteiger partial charge in [0.15, 0.2) is 0 Å². The monoisotopic (exact) mass is 1050 g/mol. The Morgan fingerprint density at radius 2 is 0.680 bits per heavy atom. The van der Waals surface area contributed by atoms with Crippen molar-refractivity contribution in [1.82, 2.24) is 5.32 Å². The first-order chi connectivity index (χ1) is 37.0. The molecule has 6 nitrogen and oxygen atoms in total. The third-order valence-electron chi connectivity index (χ3n) is 15.7. The van der Waals surface area contributed by atoms with Gasteiger partial charge in [-0.15, -0.1) is 0 Å². The fourth-order valence-corrected chi connectivity index (χ4v) is 10.5. The highest BCUT2D eigenvalue weighted by atomic mass is 16.5. The molecule has 6 heteroatoms. The van der Waals surface area contributed by atoms with Gasteiger partial charge in [0, 0.05) is 12.8 Å². The summed E-state index contributed by atoms with van der Waals surface area (Å²) >= 11 is 0. The Balaban J connectivity index is 3.40. The van der Waals surface area contributed by atoms with Crippen molar-refractivity contribution in [2.24, 2.45) is 0 Å². The standard InChI is InChI=1S/C69H131NO5/c1-3-5-7-9-11-13-15-17-19-20-21-28-31-34-37-41-45-49-53-57-61-67(72)66(65-71)70-68(73)62-58-54-50-46-42-38-35-32-29-26-24-22-23-25-27-30-33-36-40-44-48-52-56-60-64-75-69(74)63-59-55-51-47-43-39-18-16-14-12-10-8-6-4-2/h10,12,16,18,57,61,66-67,71-72H,3-9,11,13-15,17,19-56,58-60,62-65H2,1-2H3,(H,70,73)/b12-10-,18-16-,61-57+. The van der Waals surface area contributed by atoms with Gasteiger partial charge in [-0.25, -0.2) is 0 Å². The van der Waals surface area contributed by atoms with Gasteiger partial charge in [-0.1, -0.05) is 333 Å². The van der Waals surface area contributed by atoms with Crippen LogP contribution in [-0.2, 0) is 14.3 Å². The van der Waals surface area contributed by atoms with E-state index in [9.17, 15) is 19.8 Å². The first-order valence-corrected chi connectivity index (χ1v) is 33.8. The lowest BCUT2D eigenvalue weighted by Crippen LogP contribution is -2.45. The summed E-state index contributed by atoms with van der Waals surface area (Å²) in [5, 5.41) is 23.2. The van der Waals surface area contributed by atoms with E-state index in [2.05, 4.69) is 43.5 Å². The highest BCUT2D eigenvalue weighted by Crippen LogP contribution is 2.18. The zero-order valence-corrected chi connectivity index (χ0v) is 50.5. The second kappa shape index (κ2) is 64.6. The van der Waals surface area contributed by atoms with Crippen LogP contribution in [0.3, 0.4) is 0 Å². The first-order valence-electron chi connectivity index (χ1n) is 33.8. The van der Waals surface area contributed by atoms with Crippen molar-refractivity contribution in [3.63, 3.8) is 0 Å². The molecule has 0 spiro atoms. The molecule has 0 aliphatic carbocycles. The highest BCUT2D eigenvalue weighted by Gasteiger charge is 2.18. The zero-order chi connectivity index (χ0) is 54.3. The van der Waals surface area contributed by atoms with Crippen LogP contribution in [0.1, 0.15) is 367 Å². The number of hydrogen-bond donors (Lipinski definition) is 3. The molecular weight excluding hydrogens is 923 g/mol. The molecule has 0 radical (unpaired) electrons. The lowest BCUT2D eigenvalue weighted by Gasteiger charge is -2.20. The predicted molar refractivity (Wildman–Crippen MR) is 329 cm³/mol. The van der Waals surface area contributed by atoms with Crippen molar-refractivity contribution in [1.29, 1.82) is 0 Å².